The molecule has 2 rings (SSSR count). The van der Waals surface area contributed by atoms with E-state index in [1.165, 1.54) is 0 Å². The molecular weight excluding hydrogens is 317 g/mol. The third-order valence-corrected chi connectivity index (χ3v) is 3.69. The molecule has 2 aromatic rings. The second-order valence-corrected chi connectivity index (χ2v) is 5.15. The van der Waals surface area contributed by atoms with Crippen molar-refractivity contribution < 1.29 is 9.47 Å². The monoisotopic (exact) mass is 331 g/mol. The Kier molecular flexibility index (Phi) is 5.35. The number of benzene rings is 1. The van der Waals surface area contributed by atoms with Gasteiger partial charge in [-0.15, -0.1) is 5.10 Å². The number of halogens is 2. The highest BCUT2D eigenvalue weighted by molar-refractivity contribution is 6.43. The number of nitrogens with two attached hydrogens (primary N) is 1. The molecule has 21 heavy (non-hydrogen) atoms. The molecule has 0 aliphatic rings. The summed E-state index contributed by atoms with van der Waals surface area (Å²) >= 11 is 12.2. The van der Waals surface area contributed by atoms with Crippen LogP contribution in [0.2, 0.25) is 10.0 Å². The van der Waals surface area contributed by atoms with Crippen LogP contribution < -0.4 is 5.73 Å². The molecule has 7 nitrogen and oxygen atoms in total. The first-order valence-corrected chi connectivity index (χ1v) is 6.85. The Balaban J connectivity index is 2.36. The molecule has 0 aliphatic heterocycles. The van der Waals surface area contributed by atoms with Gasteiger partial charge in [0.15, 0.2) is 5.82 Å². The first-order chi connectivity index (χ1) is 10.1. The second kappa shape index (κ2) is 7.04. The van der Waals surface area contributed by atoms with Crippen LogP contribution in [-0.2, 0) is 16.0 Å². The van der Waals surface area contributed by atoms with Gasteiger partial charge in [-0.05, 0) is 22.6 Å². The molecule has 1 atom stereocenters. The first-order valence-electron chi connectivity index (χ1n) is 6.09. The Morgan fingerprint density at radius 3 is 2.76 bits per heavy atom. The van der Waals surface area contributed by atoms with E-state index in [0.717, 1.165) is 0 Å². The maximum Gasteiger partial charge on any atom is 0.183 e. The van der Waals surface area contributed by atoms with Crippen LogP contribution in [0.15, 0.2) is 12.1 Å². The summed E-state index contributed by atoms with van der Waals surface area (Å²) < 4.78 is 12.0. The molecule has 1 aromatic carbocycles. The number of methoxy groups -OCH3 is 2. The summed E-state index contributed by atoms with van der Waals surface area (Å²) in [6, 6.07) is 3.25. The number of ether oxygens (including phenoxy) is 2. The van der Waals surface area contributed by atoms with E-state index < -0.39 is 0 Å². The van der Waals surface area contributed by atoms with Gasteiger partial charge in [0.05, 0.1) is 23.2 Å². The Bertz CT molecular complexity index is 620. The molecule has 1 aromatic heterocycles. The van der Waals surface area contributed by atoms with E-state index >= 15 is 0 Å². The molecule has 9 heteroatoms. The highest BCUT2D eigenvalue weighted by atomic mass is 35.5. The zero-order valence-electron chi connectivity index (χ0n) is 11.6. The van der Waals surface area contributed by atoms with Gasteiger partial charge in [-0.25, -0.2) is 4.68 Å². The molecule has 0 aliphatic carbocycles. The predicted octanol–water partition coefficient (Wildman–Crippen LogP) is 1.89. The van der Waals surface area contributed by atoms with Crippen LogP contribution in [0.25, 0.3) is 11.4 Å². The SMILES string of the molecule is COCC(Cn1nnnc1-c1cc(N)cc(Cl)c1Cl)OC. The van der Waals surface area contributed by atoms with Gasteiger partial charge < -0.3 is 15.2 Å². The Morgan fingerprint density at radius 1 is 1.33 bits per heavy atom. The highest BCUT2D eigenvalue weighted by Crippen LogP contribution is 2.34. The van der Waals surface area contributed by atoms with Gasteiger partial charge in [-0.1, -0.05) is 23.2 Å². The van der Waals surface area contributed by atoms with Crippen molar-refractivity contribution in [2.24, 2.45) is 0 Å². The number of rotatable bonds is 6. The summed E-state index contributed by atoms with van der Waals surface area (Å²) in [5.74, 6) is 0.465. The second-order valence-electron chi connectivity index (χ2n) is 4.36. The molecule has 0 saturated heterocycles. The minimum Gasteiger partial charge on any atom is -0.399 e. The molecule has 2 N–H and O–H groups in total. The minimum atomic E-state index is -0.187. The highest BCUT2D eigenvalue weighted by Gasteiger charge is 2.18. The molecule has 0 fully saturated rings. The number of hydrogen-bond acceptors (Lipinski definition) is 6. The fourth-order valence-corrected chi connectivity index (χ4v) is 2.29. The predicted molar refractivity (Wildman–Crippen MR) is 80.4 cm³/mol. The van der Waals surface area contributed by atoms with Gasteiger partial charge in [0.2, 0.25) is 0 Å². The summed E-state index contributed by atoms with van der Waals surface area (Å²) in [6.45, 7) is 0.830. The van der Waals surface area contributed by atoms with Gasteiger partial charge in [0.25, 0.3) is 0 Å². The number of tetrazole rings is 1. The summed E-state index contributed by atoms with van der Waals surface area (Å²) in [5, 5.41) is 12.3. The summed E-state index contributed by atoms with van der Waals surface area (Å²) in [6.07, 6.45) is -0.187. The van der Waals surface area contributed by atoms with Crippen LogP contribution in [0.3, 0.4) is 0 Å². The largest absolute Gasteiger partial charge is 0.399 e. The maximum absolute atomic E-state index is 6.21. The summed E-state index contributed by atoms with van der Waals surface area (Å²) in [5.41, 5.74) is 6.84. The van der Waals surface area contributed by atoms with E-state index in [9.17, 15) is 0 Å². The van der Waals surface area contributed by atoms with Crippen molar-refractivity contribution >= 4 is 28.9 Å². The van der Waals surface area contributed by atoms with E-state index in [-0.39, 0.29) is 6.10 Å². The van der Waals surface area contributed by atoms with Crippen molar-refractivity contribution in [1.29, 1.82) is 0 Å². The molecule has 0 spiro atoms. The van der Waals surface area contributed by atoms with Crippen molar-refractivity contribution in [3.8, 4) is 11.4 Å². The van der Waals surface area contributed by atoms with E-state index in [0.29, 0.717) is 40.3 Å². The van der Waals surface area contributed by atoms with E-state index in [1.54, 1.807) is 31.0 Å². The zero-order chi connectivity index (χ0) is 15.4. The lowest BCUT2D eigenvalue weighted by molar-refractivity contribution is 0.0163. The van der Waals surface area contributed by atoms with E-state index in [1.807, 2.05) is 0 Å². The number of nitrogens with zero attached hydrogens (tertiary/aromatic N) is 4. The molecule has 1 heterocycles. The fraction of sp³-hybridized carbons (Fsp3) is 0.417. The van der Waals surface area contributed by atoms with Gasteiger partial charge in [-0.2, -0.15) is 0 Å². The first kappa shape index (κ1) is 16.0. The number of hydrogen-bond donors (Lipinski definition) is 1. The Labute approximate surface area is 131 Å². The normalized spacial score (nSPS) is 12.6. The minimum absolute atomic E-state index is 0.187. The lowest BCUT2D eigenvalue weighted by Gasteiger charge is -2.15. The number of aromatic nitrogens is 4. The van der Waals surface area contributed by atoms with Crippen LogP contribution in [0.1, 0.15) is 0 Å². The fourth-order valence-electron chi connectivity index (χ4n) is 1.87. The molecule has 0 saturated carbocycles. The van der Waals surface area contributed by atoms with Gasteiger partial charge in [0.1, 0.15) is 6.10 Å². The number of nitrogen functional groups attached to an aromatic ring is 1. The number of anilines is 1. The average molecular weight is 332 g/mol. The Hall–Kier alpha value is -1.41. The van der Waals surface area contributed by atoms with Crippen molar-refractivity contribution in [3.63, 3.8) is 0 Å². The molecular formula is C12H15Cl2N5O2. The zero-order valence-corrected chi connectivity index (χ0v) is 13.1. The standard InChI is InChI=1S/C12H15Cl2N5O2/c1-20-6-8(21-2)5-19-12(16-17-18-19)9-3-7(15)4-10(13)11(9)14/h3-4,8H,5-6,15H2,1-2H3. The quantitative estimate of drug-likeness (QED) is 0.813. The molecule has 0 radical (unpaired) electrons. The smallest absolute Gasteiger partial charge is 0.183 e. The van der Waals surface area contributed by atoms with Crippen molar-refractivity contribution in [3.05, 3.63) is 22.2 Å². The molecule has 1 unspecified atom stereocenters. The lowest BCUT2D eigenvalue weighted by atomic mass is 10.2. The Morgan fingerprint density at radius 2 is 2.10 bits per heavy atom. The van der Waals surface area contributed by atoms with Gasteiger partial charge in [0, 0.05) is 25.5 Å². The topological polar surface area (TPSA) is 88.1 Å². The van der Waals surface area contributed by atoms with Gasteiger partial charge in [-0.3, -0.25) is 0 Å². The third-order valence-electron chi connectivity index (χ3n) is 2.89. The molecule has 0 bridgehead atoms. The molecule has 0 amide bonds. The lowest BCUT2D eigenvalue weighted by Crippen LogP contribution is -2.25. The van der Waals surface area contributed by atoms with Crippen LogP contribution in [0.5, 0.6) is 0 Å². The van der Waals surface area contributed by atoms with Crippen molar-refractivity contribution in [1.82, 2.24) is 20.2 Å². The van der Waals surface area contributed by atoms with Crippen LogP contribution >= 0.6 is 23.2 Å². The maximum atomic E-state index is 6.21. The third kappa shape index (κ3) is 3.62. The van der Waals surface area contributed by atoms with E-state index in [2.05, 4.69) is 15.5 Å². The van der Waals surface area contributed by atoms with Crippen LogP contribution in [0, 0.1) is 0 Å². The van der Waals surface area contributed by atoms with Crippen LogP contribution in [0.4, 0.5) is 5.69 Å². The van der Waals surface area contributed by atoms with Crippen LogP contribution in [-0.4, -0.2) is 47.1 Å². The average Bonchev–Trinajstić information content (AvgIpc) is 2.90. The van der Waals surface area contributed by atoms with Crippen molar-refractivity contribution in [2.75, 3.05) is 26.6 Å². The molecule has 114 valence electrons. The van der Waals surface area contributed by atoms with Gasteiger partial charge >= 0.3 is 0 Å². The summed E-state index contributed by atoms with van der Waals surface area (Å²) in [7, 11) is 3.19. The van der Waals surface area contributed by atoms with Crippen molar-refractivity contribution in [2.45, 2.75) is 12.6 Å². The van der Waals surface area contributed by atoms with E-state index in [4.69, 9.17) is 38.4 Å². The summed E-state index contributed by atoms with van der Waals surface area (Å²) in [4.78, 5) is 0.